The molecule has 2 heterocycles. The molecule has 1 spiro atoms. The van der Waals surface area contributed by atoms with E-state index in [0.29, 0.717) is 29.6 Å². The van der Waals surface area contributed by atoms with E-state index in [4.69, 9.17) is 26.2 Å². The molecule has 2 aliphatic carbocycles. The van der Waals surface area contributed by atoms with Gasteiger partial charge in [0.25, 0.3) is 0 Å². The molecule has 2 aliphatic heterocycles. The van der Waals surface area contributed by atoms with Gasteiger partial charge in [0.2, 0.25) is 0 Å². The second-order valence-corrected chi connectivity index (χ2v) is 12.1. The minimum absolute atomic E-state index is 0.0933. The predicted molar refractivity (Wildman–Crippen MR) is 159 cm³/mol. The number of carboxylic acid groups (broad SMARTS) is 1. The molecule has 0 unspecified atom stereocenters. The topological polar surface area (TPSA) is 88.1 Å². The van der Waals surface area contributed by atoms with Gasteiger partial charge in [0.05, 0.1) is 24.2 Å². The van der Waals surface area contributed by atoms with Gasteiger partial charge in [-0.1, -0.05) is 41.4 Å². The average Bonchev–Trinajstić information content (AvgIpc) is 3.31. The van der Waals surface area contributed by atoms with Gasteiger partial charge >= 0.3 is 5.97 Å². The number of anilines is 2. The third-order valence-electron chi connectivity index (χ3n) is 9.42. The van der Waals surface area contributed by atoms with Crippen LogP contribution in [0, 0.1) is 18.7 Å². The van der Waals surface area contributed by atoms with E-state index in [-0.39, 0.29) is 34.4 Å². The van der Waals surface area contributed by atoms with Crippen LogP contribution in [-0.4, -0.2) is 54.6 Å². The lowest BCUT2D eigenvalue weighted by Crippen LogP contribution is -2.65. The fourth-order valence-electron chi connectivity index (χ4n) is 7.58. The maximum atomic E-state index is 13.7. The minimum Gasteiger partial charge on any atom is -0.493 e. The Hall–Kier alpha value is -3.62. The second kappa shape index (κ2) is 10.9. The average molecular weight is 593 g/mol. The number of halogens is 2. The molecule has 2 fully saturated rings. The van der Waals surface area contributed by atoms with Gasteiger partial charge in [-0.3, -0.25) is 9.59 Å². The van der Waals surface area contributed by atoms with Crippen molar-refractivity contribution in [3.63, 3.8) is 0 Å². The molecule has 0 aromatic heterocycles. The molecule has 4 aliphatic rings. The Morgan fingerprint density at radius 1 is 1.26 bits per heavy atom. The zero-order chi connectivity index (χ0) is 29.8. The lowest BCUT2D eigenvalue weighted by Gasteiger charge is -2.57. The summed E-state index contributed by atoms with van der Waals surface area (Å²) in [5.74, 6) is 1.03. The quantitative estimate of drug-likeness (QED) is 0.371. The van der Waals surface area contributed by atoms with Gasteiger partial charge in [0, 0.05) is 29.1 Å². The third-order valence-corrected chi connectivity index (χ3v) is 9.73. The Morgan fingerprint density at radius 3 is 2.81 bits per heavy atom. The van der Waals surface area contributed by atoms with Crippen molar-refractivity contribution in [2.75, 3.05) is 26.0 Å². The highest BCUT2D eigenvalue weighted by atomic mass is 35.5. The number of hydrogen-bond donors (Lipinski definition) is 2. The monoisotopic (exact) mass is 592 g/mol. The Balaban J connectivity index is 0.000000151. The summed E-state index contributed by atoms with van der Waals surface area (Å²) >= 11 is 5.95. The van der Waals surface area contributed by atoms with Crippen molar-refractivity contribution in [1.29, 1.82) is 0 Å². The molecule has 2 N–H and O–H groups in total. The fourth-order valence-corrected chi connectivity index (χ4v) is 7.79. The molecule has 3 aromatic carbocycles. The first-order chi connectivity index (χ1) is 20.1. The lowest BCUT2D eigenvalue weighted by atomic mass is 9.52. The number of likely N-dealkylation sites (tertiary alicyclic amines) is 1. The van der Waals surface area contributed by atoms with E-state index in [1.165, 1.54) is 23.3 Å². The van der Waals surface area contributed by atoms with Gasteiger partial charge in [0.15, 0.2) is 23.4 Å². The van der Waals surface area contributed by atoms with E-state index in [0.717, 1.165) is 42.9 Å². The van der Waals surface area contributed by atoms with Crippen LogP contribution in [0.3, 0.4) is 0 Å². The summed E-state index contributed by atoms with van der Waals surface area (Å²) in [4.78, 5) is 26.0. The zero-order valence-electron chi connectivity index (χ0n) is 23.9. The molecule has 9 heteroatoms. The van der Waals surface area contributed by atoms with E-state index in [1.54, 1.807) is 25.3 Å². The van der Waals surface area contributed by atoms with Gasteiger partial charge in [-0.25, -0.2) is 4.39 Å². The largest absolute Gasteiger partial charge is 0.493 e. The first kappa shape index (κ1) is 28.5. The maximum Gasteiger partial charge on any atom is 0.307 e. The van der Waals surface area contributed by atoms with E-state index >= 15 is 0 Å². The number of aliphatic carboxylic acids is 1. The number of Topliss-reactive ketones (excluding diaryl/α,β-unsaturated/α-hetero) is 1. The van der Waals surface area contributed by atoms with Crippen LogP contribution in [0.2, 0.25) is 5.02 Å². The van der Waals surface area contributed by atoms with E-state index in [9.17, 15) is 14.0 Å². The molecule has 220 valence electrons. The van der Waals surface area contributed by atoms with Crippen LogP contribution in [0.15, 0.2) is 48.5 Å². The first-order valence-electron chi connectivity index (χ1n) is 14.3. The number of carbonyl (C=O) groups is 2. The van der Waals surface area contributed by atoms with E-state index in [2.05, 4.69) is 23.3 Å². The van der Waals surface area contributed by atoms with Crippen LogP contribution in [0.4, 0.5) is 15.8 Å². The number of piperidine rings is 1. The molecule has 42 heavy (non-hydrogen) atoms. The van der Waals surface area contributed by atoms with Crippen LogP contribution >= 0.6 is 11.6 Å². The summed E-state index contributed by atoms with van der Waals surface area (Å²) in [5, 5.41) is 12.0. The van der Waals surface area contributed by atoms with Crippen molar-refractivity contribution in [3.05, 3.63) is 81.6 Å². The molecular weight excluding hydrogens is 559 g/mol. The fraction of sp³-hybridized carbons (Fsp3) is 0.394. The lowest BCUT2D eigenvalue weighted by molar-refractivity contribution is -0.138. The summed E-state index contributed by atoms with van der Waals surface area (Å²) < 4.78 is 25.5. The number of nitrogens with zero attached hydrogens (tertiary/aromatic N) is 1. The van der Waals surface area contributed by atoms with Gasteiger partial charge in [0.1, 0.15) is 5.82 Å². The van der Waals surface area contributed by atoms with Gasteiger partial charge < -0.3 is 24.8 Å². The number of likely N-dealkylation sites (N-methyl/N-ethyl adjacent to an activating group) is 1. The summed E-state index contributed by atoms with van der Waals surface area (Å²) in [6.07, 6.45) is 3.33. The molecule has 7 nitrogen and oxygen atoms in total. The van der Waals surface area contributed by atoms with Crippen molar-refractivity contribution >= 4 is 34.7 Å². The predicted octanol–water partition coefficient (Wildman–Crippen LogP) is 6.09. The van der Waals surface area contributed by atoms with Crippen LogP contribution in [0.5, 0.6) is 11.5 Å². The molecule has 1 saturated heterocycles. The summed E-state index contributed by atoms with van der Waals surface area (Å²) in [5.41, 5.74) is 4.77. The standard InChI is InChI=1S/C18H21NO3.C15H13ClFNO2/c1-19-8-7-18-11-4-5-13(20)17(18)22-16-14(21-2)6-3-10(15(16)18)9-12(11)19;1-9-5-6-13(10(7-9)8-14(19)20)18-15-11(16)3-2-4-12(15)17/h3,6,11-12,17H,4-5,7-9H2,1-2H3;2-7,18H,8H2,1H3,(H,19,20)/t11-,12+,17-,18-;/m0./s1. The van der Waals surface area contributed by atoms with Gasteiger partial charge in [-0.05, 0) is 81.1 Å². The van der Waals surface area contributed by atoms with Crippen LogP contribution in [0.1, 0.15) is 41.5 Å². The smallest absolute Gasteiger partial charge is 0.307 e. The Labute approximate surface area is 249 Å². The number of aryl methyl sites for hydroxylation is 1. The van der Waals surface area contributed by atoms with Crippen LogP contribution < -0.4 is 14.8 Å². The number of carboxylic acids is 1. The van der Waals surface area contributed by atoms with Crippen molar-refractivity contribution in [2.45, 2.75) is 56.6 Å². The van der Waals surface area contributed by atoms with Gasteiger partial charge in [-0.15, -0.1) is 0 Å². The summed E-state index contributed by atoms with van der Waals surface area (Å²) in [6, 6.07) is 14.4. The number of ketones is 1. The van der Waals surface area contributed by atoms with Crippen LogP contribution in [-0.2, 0) is 27.8 Å². The second-order valence-electron chi connectivity index (χ2n) is 11.7. The molecular formula is C33H34ClFN2O5. The Bertz CT molecular complexity index is 1560. The third kappa shape index (κ3) is 4.61. The number of methoxy groups -OCH3 is 1. The highest BCUT2D eigenvalue weighted by Crippen LogP contribution is 2.63. The highest BCUT2D eigenvalue weighted by molar-refractivity contribution is 6.33. The van der Waals surface area contributed by atoms with Crippen molar-refractivity contribution in [2.24, 2.45) is 5.92 Å². The number of rotatable bonds is 5. The molecule has 2 bridgehead atoms. The molecule has 1 saturated carbocycles. The van der Waals surface area contributed by atoms with Crippen LogP contribution in [0.25, 0.3) is 0 Å². The Kier molecular flexibility index (Phi) is 7.39. The zero-order valence-corrected chi connectivity index (χ0v) is 24.6. The number of nitrogens with one attached hydrogen (secondary N) is 1. The van der Waals surface area contributed by atoms with Crippen molar-refractivity contribution in [3.8, 4) is 11.5 Å². The highest BCUT2D eigenvalue weighted by Gasteiger charge is 2.65. The van der Waals surface area contributed by atoms with Gasteiger partial charge in [-0.2, -0.15) is 0 Å². The molecule has 0 amide bonds. The number of carbonyl (C=O) groups excluding carboxylic acids is 1. The summed E-state index contributed by atoms with van der Waals surface area (Å²) in [6.45, 7) is 2.91. The maximum absolute atomic E-state index is 13.7. The van der Waals surface area contributed by atoms with Crippen molar-refractivity contribution < 1.29 is 28.6 Å². The summed E-state index contributed by atoms with van der Waals surface area (Å²) in [7, 11) is 3.91. The number of ether oxygens (including phenoxy) is 2. The first-order valence-corrected chi connectivity index (χ1v) is 14.6. The number of hydrogen-bond acceptors (Lipinski definition) is 6. The molecule has 7 rings (SSSR count). The molecule has 0 radical (unpaired) electrons. The SMILES string of the molecule is COc1ccc2c3c1O[C@H]1C(=O)CC[C@H]4[C@@H](C2)N(C)CC[C@]314.Cc1ccc(Nc2c(F)cccc2Cl)c(CC(=O)O)c1. The minimum atomic E-state index is -0.946. The number of para-hydroxylation sites is 1. The van der Waals surface area contributed by atoms with E-state index in [1.807, 2.05) is 19.1 Å². The molecule has 4 atom stereocenters. The van der Waals surface area contributed by atoms with Crippen molar-refractivity contribution in [1.82, 2.24) is 4.90 Å². The number of benzene rings is 3. The molecule has 3 aromatic rings. The van der Waals surface area contributed by atoms with E-state index < -0.39 is 11.8 Å². The normalized spacial score (nSPS) is 25.1. The Morgan fingerprint density at radius 2 is 2.07 bits per heavy atom.